The van der Waals surface area contributed by atoms with Gasteiger partial charge in [0.25, 0.3) is 0 Å². The molecule has 0 radical (unpaired) electrons. The molecule has 4 rings (SSSR count). The summed E-state index contributed by atoms with van der Waals surface area (Å²) in [4.78, 5) is 13.7. The van der Waals surface area contributed by atoms with E-state index in [0.29, 0.717) is 17.1 Å². The molecule has 0 amide bonds. The van der Waals surface area contributed by atoms with Gasteiger partial charge in [-0.05, 0) is 38.0 Å². The van der Waals surface area contributed by atoms with Crippen LogP contribution in [0.3, 0.4) is 0 Å². The number of aryl methyl sites for hydroxylation is 2. The van der Waals surface area contributed by atoms with Crippen molar-refractivity contribution in [1.82, 2.24) is 19.8 Å². The van der Waals surface area contributed by atoms with Crippen LogP contribution in [0.15, 0.2) is 59.5 Å². The van der Waals surface area contributed by atoms with Crippen LogP contribution in [-0.2, 0) is 16.9 Å². The number of aromatic nitrogens is 4. The first-order valence-corrected chi connectivity index (χ1v) is 11.3. The van der Waals surface area contributed by atoms with E-state index in [0.717, 1.165) is 28.1 Å². The molecular weight excluding hydrogens is 408 g/mol. The lowest BCUT2D eigenvalue weighted by Crippen LogP contribution is -2.16. The summed E-state index contributed by atoms with van der Waals surface area (Å²) in [6, 6.07) is 18.3. The maximum Gasteiger partial charge on any atom is 0.360 e. The van der Waals surface area contributed by atoms with Gasteiger partial charge in [0.2, 0.25) is 0 Å². The Balaban J connectivity index is 1.85. The fourth-order valence-corrected chi connectivity index (χ4v) is 4.30. The lowest BCUT2D eigenvalue weighted by atomic mass is 10.0. The van der Waals surface area contributed by atoms with Crippen molar-refractivity contribution in [1.29, 1.82) is 0 Å². The van der Waals surface area contributed by atoms with Crippen molar-refractivity contribution >= 4 is 23.4 Å². The zero-order chi connectivity index (χ0) is 21.8. The minimum atomic E-state index is -0.480. The molecule has 2 heterocycles. The van der Waals surface area contributed by atoms with Crippen LogP contribution in [0.25, 0.3) is 16.8 Å². The Morgan fingerprint density at radius 1 is 1.03 bits per heavy atom. The minimum absolute atomic E-state index is 0.207. The van der Waals surface area contributed by atoms with Gasteiger partial charge in [0.1, 0.15) is 0 Å². The van der Waals surface area contributed by atoms with Gasteiger partial charge in [-0.25, -0.2) is 9.31 Å². The molecule has 31 heavy (non-hydrogen) atoms. The standard InChI is InChI=1S/C24H24N4O2S/c1-4-19-21(17-9-7-6-8-10-17)23-26-25-22(24(29)30-5-2)20(28(23)27-19)15-31-18-13-11-16(3)12-14-18/h6-14H,4-5,15H2,1-3H3. The number of ether oxygens (including phenoxy) is 1. The summed E-state index contributed by atoms with van der Waals surface area (Å²) in [5.74, 6) is 0.0358. The number of fused-ring (bicyclic) bond motifs is 1. The second-order valence-electron chi connectivity index (χ2n) is 7.09. The van der Waals surface area contributed by atoms with E-state index in [2.05, 4.69) is 48.3 Å². The highest BCUT2D eigenvalue weighted by atomic mass is 32.2. The molecule has 2 aromatic heterocycles. The maximum atomic E-state index is 12.6. The van der Waals surface area contributed by atoms with Crippen molar-refractivity contribution in [3.8, 4) is 11.1 Å². The monoisotopic (exact) mass is 432 g/mol. The normalized spacial score (nSPS) is 11.1. The molecule has 0 N–H and O–H groups in total. The van der Waals surface area contributed by atoms with E-state index < -0.39 is 5.97 Å². The highest BCUT2D eigenvalue weighted by Crippen LogP contribution is 2.31. The molecule has 6 nitrogen and oxygen atoms in total. The molecule has 0 aliphatic rings. The maximum absolute atomic E-state index is 12.6. The van der Waals surface area contributed by atoms with Crippen LogP contribution in [0.4, 0.5) is 0 Å². The third kappa shape index (κ3) is 4.32. The van der Waals surface area contributed by atoms with Gasteiger partial charge in [-0.2, -0.15) is 5.10 Å². The van der Waals surface area contributed by atoms with Crippen LogP contribution in [-0.4, -0.2) is 32.4 Å². The predicted octanol–water partition coefficient (Wildman–Crippen LogP) is 5.13. The minimum Gasteiger partial charge on any atom is -0.461 e. The quantitative estimate of drug-likeness (QED) is 0.298. The summed E-state index contributed by atoms with van der Waals surface area (Å²) in [5, 5.41) is 13.5. The molecule has 0 atom stereocenters. The lowest BCUT2D eigenvalue weighted by Gasteiger charge is -2.10. The predicted molar refractivity (Wildman–Crippen MR) is 122 cm³/mol. The summed E-state index contributed by atoms with van der Waals surface area (Å²) in [6.45, 7) is 6.18. The zero-order valence-electron chi connectivity index (χ0n) is 17.8. The van der Waals surface area contributed by atoms with Gasteiger partial charge in [0, 0.05) is 10.6 Å². The van der Waals surface area contributed by atoms with Crippen molar-refractivity contribution in [2.45, 2.75) is 37.8 Å². The Morgan fingerprint density at radius 3 is 2.45 bits per heavy atom. The fraction of sp³-hybridized carbons (Fsp3) is 0.250. The van der Waals surface area contributed by atoms with E-state index in [1.807, 2.05) is 30.3 Å². The van der Waals surface area contributed by atoms with Crippen LogP contribution < -0.4 is 0 Å². The van der Waals surface area contributed by atoms with Crippen molar-refractivity contribution in [2.24, 2.45) is 0 Å². The molecule has 0 aliphatic carbocycles. The number of hydrogen-bond acceptors (Lipinski definition) is 6. The van der Waals surface area contributed by atoms with E-state index in [9.17, 15) is 4.79 Å². The molecule has 0 saturated heterocycles. The SMILES string of the molecule is CCOC(=O)c1nnc2c(-c3ccccc3)c(CC)nn2c1CSc1ccc(C)cc1. The fourth-order valence-electron chi connectivity index (χ4n) is 3.41. The van der Waals surface area contributed by atoms with E-state index in [4.69, 9.17) is 9.84 Å². The third-order valence-electron chi connectivity index (χ3n) is 4.97. The smallest absolute Gasteiger partial charge is 0.360 e. The Labute approximate surface area is 185 Å². The highest BCUT2D eigenvalue weighted by molar-refractivity contribution is 7.98. The number of benzene rings is 2. The van der Waals surface area contributed by atoms with Gasteiger partial charge >= 0.3 is 5.97 Å². The van der Waals surface area contributed by atoms with Gasteiger partial charge in [-0.15, -0.1) is 22.0 Å². The number of nitrogens with zero attached hydrogens (tertiary/aromatic N) is 4. The van der Waals surface area contributed by atoms with E-state index >= 15 is 0 Å². The van der Waals surface area contributed by atoms with E-state index in [-0.39, 0.29) is 12.3 Å². The summed E-state index contributed by atoms with van der Waals surface area (Å²) in [7, 11) is 0. The van der Waals surface area contributed by atoms with Crippen molar-refractivity contribution < 1.29 is 9.53 Å². The number of carbonyl (C=O) groups is 1. The average Bonchev–Trinajstić information content (AvgIpc) is 3.18. The average molecular weight is 433 g/mol. The Morgan fingerprint density at radius 2 is 1.77 bits per heavy atom. The first kappa shape index (κ1) is 21.1. The van der Waals surface area contributed by atoms with Gasteiger partial charge in [0.05, 0.1) is 23.6 Å². The second-order valence-corrected chi connectivity index (χ2v) is 8.14. The van der Waals surface area contributed by atoms with Crippen molar-refractivity contribution in [3.05, 3.63) is 77.2 Å². The number of thioether (sulfide) groups is 1. The number of carbonyl (C=O) groups excluding carboxylic acids is 1. The number of hydrogen-bond donors (Lipinski definition) is 0. The largest absolute Gasteiger partial charge is 0.461 e. The van der Waals surface area contributed by atoms with Crippen LogP contribution >= 0.6 is 11.8 Å². The van der Waals surface area contributed by atoms with Crippen LogP contribution in [0, 0.1) is 6.92 Å². The van der Waals surface area contributed by atoms with Crippen LogP contribution in [0.5, 0.6) is 0 Å². The van der Waals surface area contributed by atoms with Gasteiger partial charge < -0.3 is 4.74 Å². The molecule has 0 saturated carbocycles. The molecule has 0 fully saturated rings. The zero-order valence-corrected chi connectivity index (χ0v) is 18.6. The molecule has 0 bridgehead atoms. The molecule has 0 aliphatic heterocycles. The summed E-state index contributed by atoms with van der Waals surface area (Å²) >= 11 is 1.63. The molecule has 0 spiro atoms. The summed E-state index contributed by atoms with van der Waals surface area (Å²) < 4.78 is 7.01. The van der Waals surface area contributed by atoms with Gasteiger partial charge in [0.15, 0.2) is 11.3 Å². The molecule has 4 aromatic rings. The lowest BCUT2D eigenvalue weighted by molar-refractivity contribution is 0.0516. The van der Waals surface area contributed by atoms with E-state index in [1.54, 1.807) is 23.2 Å². The first-order valence-electron chi connectivity index (χ1n) is 10.3. The topological polar surface area (TPSA) is 69.4 Å². The van der Waals surface area contributed by atoms with Gasteiger partial charge in [-0.3, -0.25) is 0 Å². The number of rotatable bonds is 7. The Hall–Kier alpha value is -3.19. The molecule has 0 unspecified atom stereocenters. The van der Waals surface area contributed by atoms with Crippen LogP contribution in [0.2, 0.25) is 0 Å². The molecule has 158 valence electrons. The highest BCUT2D eigenvalue weighted by Gasteiger charge is 2.24. The molecule has 2 aromatic carbocycles. The van der Waals surface area contributed by atoms with Crippen LogP contribution in [0.1, 0.15) is 41.3 Å². The van der Waals surface area contributed by atoms with Gasteiger partial charge in [-0.1, -0.05) is 55.0 Å². The third-order valence-corrected chi connectivity index (χ3v) is 5.99. The molecule has 7 heteroatoms. The number of esters is 1. The second kappa shape index (κ2) is 9.31. The Kier molecular flexibility index (Phi) is 6.32. The first-order chi connectivity index (χ1) is 15.1. The Bertz CT molecular complexity index is 1200. The van der Waals surface area contributed by atoms with Crippen molar-refractivity contribution in [2.75, 3.05) is 6.61 Å². The van der Waals surface area contributed by atoms with E-state index in [1.165, 1.54) is 5.56 Å². The summed E-state index contributed by atoms with van der Waals surface area (Å²) in [6.07, 6.45) is 0.743. The van der Waals surface area contributed by atoms with Crippen molar-refractivity contribution in [3.63, 3.8) is 0 Å². The summed E-state index contributed by atoms with van der Waals surface area (Å²) in [5.41, 5.74) is 5.65. The molecular formula is C24H24N4O2S.